The molecule has 0 radical (unpaired) electrons. The van der Waals surface area contributed by atoms with Gasteiger partial charge >= 0.3 is 11.9 Å². The van der Waals surface area contributed by atoms with Crippen molar-refractivity contribution in [2.75, 3.05) is 6.54 Å². The number of carboxylic acids is 2. The van der Waals surface area contributed by atoms with Crippen molar-refractivity contribution in [3.05, 3.63) is 0 Å². The van der Waals surface area contributed by atoms with Gasteiger partial charge in [0.05, 0.1) is 0 Å². The van der Waals surface area contributed by atoms with Crippen molar-refractivity contribution in [3.8, 4) is 0 Å². The highest BCUT2D eigenvalue weighted by atomic mass is 16.4. The molecule has 19 heavy (non-hydrogen) atoms. The van der Waals surface area contributed by atoms with Gasteiger partial charge in [-0.3, -0.25) is 9.59 Å². The van der Waals surface area contributed by atoms with Gasteiger partial charge in [-0.05, 0) is 25.8 Å². The van der Waals surface area contributed by atoms with E-state index in [2.05, 4.69) is 5.32 Å². The van der Waals surface area contributed by atoms with Crippen LogP contribution in [0.25, 0.3) is 0 Å². The predicted octanol–water partition coefficient (Wildman–Crippen LogP) is 0.330. The van der Waals surface area contributed by atoms with Crippen molar-refractivity contribution >= 4 is 17.8 Å². The van der Waals surface area contributed by atoms with Crippen LogP contribution in [0.1, 0.15) is 44.9 Å². The summed E-state index contributed by atoms with van der Waals surface area (Å²) >= 11 is 0. The van der Waals surface area contributed by atoms with Gasteiger partial charge in [0.1, 0.15) is 6.04 Å². The molecule has 0 rings (SSSR count). The zero-order chi connectivity index (χ0) is 14.7. The fourth-order valence-corrected chi connectivity index (χ4v) is 1.58. The zero-order valence-electron chi connectivity index (χ0n) is 10.9. The van der Waals surface area contributed by atoms with E-state index in [-0.39, 0.29) is 25.2 Å². The van der Waals surface area contributed by atoms with Crippen molar-refractivity contribution in [2.45, 2.75) is 51.0 Å². The van der Waals surface area contributed by atoms with E-state index in [1.807, 2.05) is 0 Å². The minimum absolute atomic E-state index is 0.108. The van der Waals surface area contributed by atoms with Crippen LogP contribution < -0.4 is 11.1 Å². The molecule has 7 nitrogen and oxygen atoms in total. The number of nitrogens with one attached hydrogen (secondary N) is 1. The van der Waals surface area contributed by atoms with Gasteiger partial charge in [0.25, 0.3) is 0 Å². The maximum absolute atomic E-state index is 11.5. The van der Waals surface area contributed by atoms with Crippen LogP contribution in [0.3, 0.4) is 0 Å². The molecule has 0 saturated heterocycles. The molecule has 0 aromatic heterocycles. The first-order valence-electron chi connectivity index (χ1n) is 6.41. The summed E-state index contributed by atoms with van der Waals surface area (Å²) in [5, 5.41) is 19.7. The number of unbranched alkanes of at least 4 members (excludes halogenated alkanes) is 3. The largest absolute Gasteiger partial charge is 0.481 e. The molecular formula is C12H22N2O5. The van der Waals surface area contributed by atoms with E-state index in [1.54, 1.807) is 0 Å². The Kier molecular flexibility index (Phi) is 9.42. The van der Waals surface area contributed by atoms with Gasteiger partial charge in [0, 0.05) is 12.8 Å². The fraction of sp³-hybridized carbons (Fsp3) is 0.750. The molecule has 0 aromatic carbocycles. The minimum Gasteiger partial charge on any atom is -0.481 e. The molecule has 0 saturated carbocycles. The number of hydrogen-bond donors (Lipinski definition) is 4. The van der Waals surface area contributed by atoms with Crippen LogP contribution in [0, 0.1) is 0 Å². The van der Waals surface area contributed by atoms with E-state index >= 15 is 0 Å². The lowest BCUT2D eigenvalue weighted by atomic mass is 10.1. The normalized spacial score (nSPS) is 11.8. The molecule has 0 bridgehead atoms. The standard InChI is InChI=1S/C12H22N2O5/c13-8-4-2-1-3-5-10(15)14-9(12(18)19)6-7-11(16)17/h9H,1-8,13H2,(H,14,15)(H,16,17)(H,18,19). The van der Waals surface area contributed by atoms with Crippen LogP contribution in [-0.2, 0) is 14.4 Å². The van der Waals surface area contributed by atoms with E-state index in [9.17, 15) is 14.4 Å². The van der Waals surface area contributed by atoms with Gasteiger partial charge in [-0.1, -0.05) is 12.8 Å². The first kappa shape index (κ1) is 17.4. The van der Waals surface area contributed by atoms with Crippen LogP contribution in [0.2, 0.25) is 0 Å². The topological polar surface area (TPSA) is 130 Å². The zero-order valence-corrected chi connectivity index (χ0v) is 10.9. The highest BCUT2D eigenvalue weighted by Crippen LogP contribution is 2.04. The predicted molar refractivity (Wildman–Crippen MR) is 68.6 cm³/mol. The lowest BCUT2D eigenvalue weighted by Gasteiger charge is -2.13. The number of rotatable bonds is 11. The maximum Gasteiger partial charge on any atom is 0.326 e. The third-order valence-corrected chi connectivity index (χ3v) is 2.64. The second-order valence-corrected chi connectivity index (χ2v) is 4.34. The summed E-state index contributed by atoms with van der Waals surface area (Å²) in [5.74, 6) is -2.65. The lowest BCUT2D eigenvalue weighted by Crippen LogP contribution is -2.41. The Morgan fingerprint density at radius 2 is 1.63 bits per heavy atom. The second kappa shape index (κ2) is 10.3. The van der Waals surface area contributed by atoms with Crippen molar-refractivity contribution in [2.24, 2.45) is 5.73 Å². The Hall–Kier alpha value is -1.63. The van der Waals surface area contributed by atoms with Crippen LogP contribution >= 0.6 is 0 Å². The van der Waals surface area contributed by atoms with Crippen LogP contribution in [-0.4, -0.2) is 40.6 Å². The second-order valence-electron chi connectivity index (χ2n) is 4.34. The molecular weight excluding hydrogens is 252 g/mol. The monoisotopic (exact) mass is 274 g/mol. The van der Waals surface area contributed by atoms with E-state index in [0.29, 0.717) is 13.0 Å². The average molecular weight is 274 g/mol. The smallest absolute Gasteiger partial charge is 0.326 e. The van der Waals surface area contributed by atoms with Gasteiger partial charge in [-0.2, -0.15) is 0 Å². The number of hydrogen-bond acceptors (Lipinski definition) is 4. The SMILES string of the molecule is NCCCCCCC(=O)NC(CCC(=O)O)C(=O)O. The van der Waals surface area contributed by atoms with Crippen molar-refractivity contribution < 1.29 is 24.6 Å². The summed E-state index contributed by atoms with van der Waals surface area (Å²) in [6.45, 7) is 0.627. The summed E-state index contributed by atoms with van der Waals surface area (Å²) in [6.07, 6.45) is 3.27. The van der Waals surface area contributed by atoms with Crippen LogP contribution in [0.5, 0.6) is 0 Å². The molecule has 0 aliphatic carbocycles. The number of amides is 1. The van der Waals surface area contributed by atoms with Crippen LogP contribution in [0.15, 0.2) is 0 Å². The average Bonchev–Trinajstić information content (AvgIpc) is 2.33. The van der Waals surface area contributed by atoms with Gasteiger partial charge < -0.3 is 21.3 Å². The van der Waals surface area contributed by atoms with Gasteiger partial charge in [0.2, 0.25) is 5.91 Å². The molecule has 0 aromatic rings. The number of carbonyl (C=O) groups excluding carboxylic acids is 1. The van der Waals surface area contributed by atoms with Crippen molar-refractivity contribution in [1.29, 1.82) is 0 Å². The summed E-state index contributed by atoms with van der Waals surface area (Å²) in [7, 11) is 0. The third-order valence-electron chi connectivity index (χ3n) is 2.64. The van der Waals surface area contributed by atoms with Gasteiger partial charge in [-0.15, -0.1) is 0 Å². The van der Waals surface area contributed by atoms with Gasteiger partial charge in [0.15, 0.2) is 0 Å². The molecule has 0 heterocycles. The Morgan fingerprint density at radius 1 is 1.00 bits per heavy atom. The molecule has 0 aliphatic rings. The third kappa shape index (κ3) is 10.0. The molecule has 5 N–H and O–H groups in total. The number of carboxylic acid groups (broad SMARTS) is 2. The Morgan fingerprint density at radius 3 is 2.16 bits per heavy atom. The molecule has 110 valence electrons. The van der Waals surface area contributed by atoms with E-state index in [0.717, 1.165) is 19.3 Å². The molecule has 1 amide bonds. The lowest BCUT2D eigenvalue weighted by molar-refractivity contribution is -0.143. The van der Waals surface area contributed by atoms with E-state index < -0.39 is 18.0 Å². The molecule has 1 unspecified atom stereocenters. The Bertz CT molecular complexity index is 306. The molecule has 1 atom stereocenters. The summed E-state index contributed by atoms with van der Waals surface area (Å²) in [4.78, 5) is 32.7. The Labute approximate surface area is 112 Å². The fourth-order valence-electron chi connectivity index (χ4n) is 1.58. The molecule has 0 spiro atoms. The number of nitrogens with two attached hydrogens (primary N) is 1. The summed E-state index contributed by atoms with van der Waals surface area (Å²) in [6, 6.07) is -1.13. The first-order valence-corrected chi connectivity index (χ1v) is 6.41. The van der Waals surface area contributed by atoms with Gasteiger partial charge in [-0.25, -0.2) is 4.79 Å². The highest BCUT2D eigenvalue weighted by molar-refractivity contribution is 5.83. The summed E-state index contributed by atoms with van der Waals surface area (Å²) < 4.78 is 0. The number of carbonyl (C=O) groups is 3. The number of aliphatic carboxylic acids is 2. The molecule has 7 heteroatoms. The van der Waals surface area contributed by atoms with Crippen molar-refractivity contribution in [3.63, 3.8) is 0 Å². The Balaban J connectivity index is 3.90. The van der Waals surface area contributed by atoms with E-state index in [1.165, 1.54) is 0 Å². The highest BCUT2D eigenvalue weighted by Gasteiger charge is 2.20. The summed E-state index contributed by atoms with van der Waals surface area (Å²) in [5.41, 5.74) is 5.33. The first-order chi connectivity index (χ1) is 8.97. The van der Waals surface area contributed by atoms with E-state index in [4.69, 9.17) is 15.9 Å². The molecule has 0 fully saturated rings. The molecule has 0 aliphatic heterocycles. The maximum atomic E-state index is 11.5. The minimum atomic E-state index is -1.21. The quantitative estimate of drug-likeness (QED) is 0.402. The van der Waals surface area contributed by atoms with Crippen LogP contribution in [0.4, 0.5) is 0 Å². The van der Waals surface area contributed by atoms with Crippen molar-refractivity contribution in [1.82, 2.24) is 5.32 Å².